The molecule has 6 heteroatoms. The van der Waals surface area contributed by atoms with Crippen molar-refractivity contribution in [1.29, 1.82) is 0 Å². The summed E-state index contributed by atoms with van der Waals surface area (Å²) in [6, 6.07) is 15.2. The Bertz CT molecular complexity index is 1030. The van der Waals surface area contributed by atoms with Crippen LogP contribution in [0, 0.1) is 12.7 Å². The van der Waals surface area contributed by atoms with Gasteiger partial charge in [0.05, 0.1) is 12.2 Å². The maximum Gasteiger partial charge on any atom is 0.263 e. The Labute approximate surface area is 158 Å². The first-order chi connectivity index (χ1) is 12.4. The number of pyridine rings is 1. The minimum Gasteiger partial charge on any atom is -0.319 e. The molecular weight excluding hydrogens is 399 g/mol. The molecule has 3 aromatic rings. The van der Waals surface area contributed by atoms with Crippen molar-refractivity contribution < 1.29 is 9.18 Å². The van der Waals surface area contributed by atoms with E-state index >= 15 is 0 Å². The van der Waals surface area contributed by atoms with E-state index < -0.39 is 17.3 Å². The Kier molecular flexibility index (Phi) is 5.32. The zero-order valence-electron chi connectivity index (χ0n) is 14.0. The van der Waals surface area contributed by atoms with E-state index in [1.807, 2.05) is 31.2 Å². The van der Waals surface area contributed by atoms with Gasteiger partial charge in [0.2, 0.25) is 0 Å². The van der Waals surface area contributed by atoms with Gasteiger partial charge in [0, 0.05) is 10.7 Å². The third-order valence-corrected chi connectivity index (χ3v) is 4.37. The highest BCUT2D eigenvalue weighted by molar-refractivity contribution is 9.10. The molecule has 3 rings (SSSR count). The van der Waals surface area contributed by atoms with Crippen LogP contribution < -0.4 is 10.9 Å². The number of nitrogens with one attached hydrogen (secondary N) is 1. The Hall–Kier alpha value is -2.73. The van der Waals surface area contributed by atoms with Crippen molar-refractivity contribution in [1.82, 2.24) is 4.57 Å². The lowest BCUT2D eigenvalue weighted by molar-refractivity contribution is 0.102. The molecule has 1 heterocycles. The van der Waals surface area contributed by atoms with Gasteiger partial charge in [-0.3, -0.25) is 9.59 Å². The Morgan fingerprint density at radius 3 is 2.69 bits per heavy atom. The fourth-order valence-corrected chi connectivity index (χ4v) is 2.96. The lowest BCUT2D eigenvalue weighted by Gasteiger charge is -2.10. The molecule has 0 aliphatic carbocycles. The summed E-state index contributed by atoms with van der Waals surface area (Å²) >= 11 is 3.16. The van der Waals surface area contributed by atoms with Crippen molar-refractivity contribution in [3.63, 3.8) is 0 Å². The number of rotatable bonds is 4. The second kappa shape index (κ2) is 7.66. The quantitative estimate of drug-likeness (QED) is 0.689. The van der Waals surface area contributed by atoms with Crippen molar-refractivity contribution in [2.24, 2.45) is 0 Å². The van der Waals surface area contributed by atoms with Crippen LogP contribution in [0.15, 0.2) is 70.1 Å². The van der Waals surface area contributed by atoms with Gasteiger partial charge < -0.3 is 9.88 Å². The van der Waals surface area contributed by atoms with E-state index in [2.05, 4.69) is 21.2 Å². The predicted octanol–water partition coefficient (Wildman–Crippen LogP) is 4.36. The van der Waals surface area contributed by atoms with E-state index in [1.54, 1.807) is 18.3 Å². The third kappa shape index (κ3) is 4.08. The zero-order chi connectivity index (χ0) is 18.7. The predicted molar refractivity (Wildman–Crippen MR) is 103 cm³/mol. The van der Waals surface area contributed by atoms with Crippen LogP contribution in [0.1, 0.15) is 21.5 Å². The third-order valence-electron chi connectivity index (χ3n) is 3.88. The molecule has 1 amide bonds. The number of hydrogen-bond acceptors (Lipinski definition) is 2. The van der Waals surface area contributed by atoms with Crippen LogP contribution in [-0.2, 0) is 6.54 Å². The van der Waals surface area contributed by atoms with Gasteiger partial charge in [0.25, 0.3) is 11.5 Å². The summed E-state index contributed by atoms with van der Waals surface area (Å²) in [7, 11) is 0. The van der Waals surface area contributed by atoms with E-state index in [1.165, 1.54) is 22.8 Å². The Morgan fingerprint density at radius 1 is 1.15 bits per heavy atom. The normalized spacial score (nSPS) is 10.6. The maximum atomic E-state index is 13.9. The molecule has 0 fully saturated rings. The lowest BCUT2D eigenvalue weighted by Crippen LogP contribution is -2.29. The molecule has 0 spiro atoms. The second-order valence-electron chi connectivity index (χ2n) is 5.92. The number of carbonyl (C=O) groups excluding carboxylic acids is 1. The molecule has 1 N–H and O–H groups in total. The summed E-state index contributed by atoms with van der Waals surface area (Å²) in [5.74, 6) is -1.22. The molecule has 0 saturated heterocycles. The molecule has 4 nitrogen and oxygen atoms in total. The second-order valence-corrected chi connectivity index (χ2v) is 6.84. The summed E-state index contributed by atoms with van der Waals surface area (Å²) < 4.78 is 15.9. The molecule has 1 aromatic heterocycles. The number of anilines is 1. The lowest BCUT2D eigenvalue weighted by atomic mass is 10.1. The van der Waals surface area contributed by atoms with E-state index in [9.17, 15) is 14.0 Å². The molecule has 0 aliphatic heterocycles. The first-order valence-electron chi connectivity index (χ1n) is 7.95. The highest BCUT2D eigenvalue weighted by atomic mass is 79.9. The summed E-state index contributed by atoms with van der Waals surface area (Å²) in [5, 5.41) is 2.45. The number of benzene rings is 2. The van der Waals surface area contributed by atoms with Crippen LogP contribution >= 0.6 is 15.9 Å². The first-order valence-corrected chi connectivity index (χ1v) is 8.75. The highest BCUT2D eigenvalue weighted by Gasteiger charge is 2.14. The number of halogens is 2. The molecule has 2 aromatic carbocycles. The molecule has 0 aliphatic rings. The summed E-state index contributed by atoms with van der Waals surface area (Å²) in [5.41, 5.74) is 1.61. The van der Waals surface area contributed by atoms with Crippen molar-refractivity contribution in [3.8, 4) is 0 Å². The van der Waals surface area contributed by atoms with Crippen LogP contribution in [0.4, 0.5) is 10.1 Å². The molecule has 0 saturated carbocycles. The van der Waals surface area contributed by atoms with Gasteiger partial charge >= 0.3 is 0 Å². The van der Waals surface area contributed by atoms with Crippen molar-refractivity contribution in [2.75, 3.05) is 5.32 Å². The largest absolute Gasteiger partial charge is 0.319 e. The fraction of sp³-hybridized carbons (Fsp3) is 0.100. The van der Waals surface area contributed by atoms with Crippen molar-refractivity contribution >= 4 is 27.5 Å². The summed E-state index contributed by atoms with van der Waals surface area (Å²) in [4.78, 5) is 25.1. The summed E-state index contributed by atoms with van der Waals surface area (Å²) in [6.07, 6.45) is 1.63. The van der Waals surface area contributed by atoms with E-state index in [0.29, 0.717) is 11.0 Å². The average Bonchev–Trinajstić information content (AvgIpc) is 2.59. The smallest absolute Gasteiger partial charge is 0.263 e. The maximum absolute atomic E-state index is 13.9. The van der Waals surface area contributed by atoms with Crippen molar-refractivity contribution in [2.45, 2.75) is 13.5 Å². The minimum atomic E-state index is -0.644. The van der Waals surface area contributed by atoms with Crippen LogP contribution in [-0.4, -0.2) is 10.5 Å². The van der Waals surface area contributed by atoms with E-state index in [-0.39, 0.29) is 11.3 Å². The van der Waals surface area contributed by atoms with Gasteiger partial charge in [-0.1, -0.05) is 45.8 Å². The standard InChI is InChI=1S/C20H16BrFN2O2/c1-13-4-2-5-14(10-13)12-24-9-3-6-16(20(24)26)19(25)23-18-8-7-15(21)11-17(18)22/h2-11H,12H2,1H3,(H,23,25). The topological polar surface area (TPSA) is 51.1 Å². The van der Waals surface area contributed by atoms with Gasteiger partial charge in [0.1, 0.15) is 11.4 Å². The molecule has 0 atom stereocenters. The minimum absolute atomic E-state index is 0.0201. The Morgan fingerprint density at radius 2 is 1.96 bits per heavy atom. The zero-order valence-corrected chi connectivity index (χ0v) is 15.6. The van der Waals surface area contributed by atoms with Gasteiger partial charge in [-0.15, -0.1) is 0 Å². The average molecular weight is 415 g/mol. The van der Waals surface area contributed by atoms with E-state index in [4.69, 9.17) is 0 Å². The molecule has 0 bridgehead atoms. The molecular formula is C20H16BrFN2O2. The molecule has 0 radical (unpaired) electrons. The van der Waals surface area contributed by atoms with Crippen LogP contribution in [0.25, 0.3) is 0 Å². The van der Waals surface area contributed by atoms with Crippen LogP contribution in [0.2, 0.25) is 0 Å². The van der Waals surface area contributed by atoms with Crippen molar-refractivity contribution in [3.05, 3.63) is 98.1 Å². The number of carbonyl (C=O) groups is 1. The SMILES string of the molecule is Cc1cccc(Cn2cccc(C(=O)Nc3ccc(Br)cc3F)c2=O)c1. The molecule has 26 heavy (non-hydrogen) atoms. The molecule has 132 valence electrons. The van der Waals surface area contributed by atoms with Crippen LogP contribution in [0.3, 0.4) is 0 Å². The molecule has 0 unspecified atom stereocenters. The first kappa shape index (κ1) is 18.1. The highest BCUT2D eigenvalue weighted by Crippen LogP contribution is 2.19. The van der Waals surface area contributed by atoms with Gasteiger partial charge in [0.15, 0.2) is 0 Å². The van der Waals surface area contributed by atoms with Crippen LogP contribution in [0.5, 0.6) is 0 Å². The number of hydrogen-bond donors (Lipinski definition) is 1. The number of amides is 1. The number of aromatic nitrogens is 1. The fourth-order valence-electron chi connectivity index (χ4n) is 2.62. The van der Waals surface area contributed by atoms with E-state index in [0.717, 1.165) is 11.1 Å². The van der Waals surface area contributed by atoms with Gasteiger partial charge in [-0.05, 0) is 42.8 Å². The monoisotopic (exact) mass is 414 g/mol. The number of nitrogens with zero attached hydrogens (tertiary/aromatic N) is 1. The van der Waals surface area contributed by atoms with Gasteiger partial charge in [-0.25, -0.2) is 4.39 Å². The van der Waals surface area contributed by atoms with Gasteiger partial charge in [-0.2, -0.15) is 0 Å². The number of aryl methyl sites for hydroxylation is 1. The summed E-state index contributed by atoms with van der Waals surface area (Å²) in [6.45, 7) is 2.33. The Balaban J connectivity index is 1.86.